The molecule has 3 aromatic rings. The predicted molar refractivity (Wildman–Crippen MR) is 120 cm³/mol. The summed E-state index contributed by atoms with van der Waals surface area (Å²) < 4.78 is 10.4. The number of methoxy groups -OCH3 is 2. The number of benzene rings is 2. The number of anilines is 1. The second kappa shape index (κ2) is 8.28. The fourth-order valence-electron chi connectivity index (χ4n) is 3.66. The fraction of sp³-hybridized carbons (Fsp3) is 0.167. The summed E-state index contributed by atoms with van der Waals surface area (Å²) in [4.78, 5) is 28.5. The molecule has 31 heavy (non-hydrogen) atoms. The number of ketones is 1. The number of carbonyl (C=O) groups is 2. The summed E-state index contributed by atoms with van der Waals surface area (Å²) >= 11 is 1.44. The first-order valence-corrected chi connectivity index (χ1v) is 10.5. The molecule has 1 saturated heterocycles. The van der Waals surface area contributed by atoms with Gasteiger partial charge in [0.1, 0.15) is 23.3 Å². The molecule has 1 fully saturated rings. The predicted octanol–water partition coefficient (Wildman–Crippen LogP) is 4.70. The van der Waals surface area contributed by atoms with Crippen LogP contribution >= 0.6 is 11.3 Å². The number of carbonyl (C=O) groups excluding carboxylic acids is 2. The Morgan fingerprint density at radius 3 is 2.03 bits per heavy atom. The minimum atomic E-state index is -0.726. The van der Waals surface area contributed by atoms with E-state index in [9.17, 15) is 14.7 Å². The number of aryl methyl sites for hydroxylation is 1. The van der Waals surface area contributed by atoms with Gasteiger partial charge in [0, 0.05) is 16.1 Å². The summed E-state index contributed by atoms with van der Waals surface area (Å²) in [6.45, 7) is 1.92. The van der Waals surface area contributed by atoms with Crippen LogP contribution in [0.4, 0.5) is 5.69 Å². The van der Waals surface area contributed by atoms with Crippen molar-refractivity contribution in [3.05, 3.63) is 81.6 Å². The first kappa shape index (κ1) is 20.7. The molecule has 4 rings (SSSR count). The van der Waals surface area contributed by atoms with E-state index >= 15 is 0 Å². The molecule has 0 aliphatic carbocycles. The highest BCUT2D eigenvalue weighted by Crippen LogP contribution is 2.45. The molecular weight excluding hydrogens is 414 g/mol. The maximum Gasteiger partial charge on any atom is 0.300 e. The van der Waals surface area contributed by atoms with Crippen LogP contribution in [-0.2, 0) is 9.59 Å². The average molecular weight is 436 g/mol. The average Bonchev–Trinajstić information content (AvgIpc) is 3.33. The molecule has 0 radical (unpaired) electrons. The Balaban J connectivity index is 1.89. The van der Waals surface area contributed by atoms with Gasteiger partial charge in [-0.15, -0.1) is 11.3 Å². The van der Waals surface area contributed by atoms with Crippen LogP contribution in [-0.4, -0.2) is 31.0 Å². The van der Waals surface area contributed by atoms with Gasteiger partial charge in [-0.05, 0) is 72.5 Å². The molecule has 7 heteroatoms. The number of hydrogen-bond acceptors (Lipinski definition) is 6. The Morgan fingerprint density at radius 2 is 1.52 bits per heavy atom. The molecule has 1 amide bonds. The Hall–Kier alpha value is -3.58. The van der Waals surface area contributed by atoms with Crippen LogP contribution in [0.2, 0.25) is 0 Å². The third-order valence-corrected chi connectivity index (χ3v) is 6.38. The van der Waals surface area contributed by atoms with Crippen molar-refractivity contribution in [2.24, 2.45) is 0 Å². The van der Waals surface area contributed by atoms with Gasteiger partial charge >= 0.3 is 0 Å². The number of hydrogen-bond donors (Lipinski definition) is 1. The van der Waals surface area contributed by atoms with Gasteiger partial charge in [-0.1, -0.05) is 0 Å². The van der Waals surface area contributed by atoms with Gasteiger partial charge in [0.15, 0.2) is 0 Å². The molecule has 2 aromatic carbocycles. The number of rotatable bonds is 5. The summed E-state index contributed by atoms with van der Waals surface area (Å²) in [7, 11) is 3.11. The summed E-state index contributed by atoms with van der Waals surface area (Å²) in [5.74, 6) is -0.349. The lowest BCUT2D eigenvalue weighted by Gasteiger charge is -2.25. The molecular formula is C24H21NO5S. The van der Waals surface area contributed by atoms with Crippen LogP contribution in [0.3, 0.4) is 0 Å². The van der Waals surface area contributed by atoms with E-state index < -0.39 is 17.7 Å². The van der Waals surface area contributed by atoms with Crippen molar-refractivity contribution in [2.75, 3.05) is 19.1 Å². The molecule has 1 atom stereocenters. The molecule has 1 aromatic heterocycles. The molecule has 1 unspecified atom stereocenters. The zero-order valence-electron chi connectivity index (χ0n) is 17.3. The van der Waals surface area contributed by atoms with Crippen molar-refractivity contribution in [3.8, 4) is 11.5 Å². The number of thiophene rings is 1. The topological polar surface area (TPSA) is 76.1 Å². The number of nitrogens with zero attached hydrogens (tertiary/aromatic N) is 1. The van der Waals surface area contributed by atoms with Crippen molar-refractivity contribution < 1.29 is 24.2 Å². The molecule has 0 saturated carbocycles. The summed E-state index contributed by atoms with van der Waals surface area (Å²) in [6, 6.07) is 14.8. The van der Waals surface area contributed by atoms with Crippen molar-refractivity contribution in [2.45, 2.75) is 13.0 Å². The largest absolute Gasteiger partial charge is 0.507 e. The number of amides is 1. The van der Waals surface area contributed by atoms with Crippen molar-refractivity contribution in [1.29, 1.82) is 0 Å². The monoisotopic (exact) mass is 435 g/mol. The molecule has 1 N–H and O–H groups in total. The SMILES string of the molecule is COc1ccc(/C(O)=C2/C(=O)C(=O)N(c3ccc(OC)cc3)C2c2sccc2C)cc1. The van der Waals surface area contributed by atoms with Gasteiger partial charge in [0.2, 0.25) is 0 Å². The van der Waals surface area contributed by atoms with E-state index in [0.29, 0.717) is 22.7 Å². The third kappa shape index (κ3) is 3.57. The van der Waals surface area contributed by atoms with Crippen LogP contribution in [0.1, 0.15) is 22.0 Å². The molecule has 1 aliphatic heterocycles. The number of aliphatic hydroxyl groups is 1. The Labute approximate surface area is 184 Å². The quantitative estimate of drug-likeness (QED) is 0.357. The van der Waals surface area contributed by atoms with Crippen molar-refractivity contribution in [1.82, 2.24) is 0 Å². The van der Waals surface area contributed by atoms with Gasteiger partial charge in [-0.25, -0.2) is 0 Å². The molecule has 6 nitrogen and oxygen atoms in total. The lowest BCUT2D eigenvalue weighted by molar-refractivity contribution is -0.132. The lowest BCUT2D eigenvalue weighted by atomic mass is 9.98. The Morgan fingerprint density at radius 1 is 0.935 bits per heavy atom. The highest BCUT2D eigenvalue weighted by atomic mass is 32.1. The van der Waals surface area contributed by atoms with Gasteiger partial charge < -0.3 is 14.6 Å². The summed E-state index contributed by atoms with van der Waals surface area (Å²) in [5.41, 5.74) is 2.00. The molecule has 0 spiro atoms. The molecule has 0 bridgehead atoms. The fourth-order valence-corrected chi connectivity index (χ4v) is 4.68. The standard InChI is InChI=1S/C24H21NO5S/c1-14-12-13-31-23(14)20-19(21(26)15-4-8-17(29-2)9-5-15)22(27)24(28)25(20)16-6-10-18(30-3)11-7-16/h4-13,20,26H,1-3H3/b21-19-. The molecule has 2 heterocycles. The van der Waals surface area contributed by atoms with E-state index in [1.54, 1.807) is 62.8 Å². The second-order valence-electron chi connectivity index (χ2n) is 7.06. The Bertz CT molecular complexity index is 1160. The van der Waals surface area contributed by atoms with E-state index in [4.69, 9.17) is 9.47 Å². The number of Topliss-reactive ketones (excluding diaryl/α,β-unsaturated/α-hetero) is 1. The summed E-state index contributed by atoms with van der Waals surface area (Å²) in [6.07, 6.45) is 0. The van der Waals surface area contributed by atoms with Crippen LogP contribution < -0.4 is 14.4 Å². The number of ether oxygens (including phenoxy) is 2. The summed E-state index contributed by atoms with van der Waals surface area (Å²) in [5, 5.41) is 13.0. The van der Waals surface area contributed by atoms with E-state index in [-0.39, 0.29) is 11.3 Å². The lowest BCUT2D eigenvalue weighted by Crippen LogP contribution is -2.29. The van der Waals surface area contributed by atoms with Crippen LogP contribution in [0.5, 0.6) is 11.5 Å². The van der Waals surface area contributed by atoms with Crippen LogP contribution in [0, 0.1) is 6.92 Å². The third-order valence-electron chi connectivity index (χ3n) is 5.31. The highest BCUT2D eigenvalue weighted by Gasteiger charge is 2.47. The molecule has 158 valence electrons. The van der Waals surface area contributed by atoms with Crippen molar-refractivity contribution >= 4 is 34.5 Å². The van der Waals surface area contributed by atoms with Crippen LogP contribution in [0.25, 0.3) is 5.76 Å². The van der Waals surface area contributed by atoms with Gasteiger partial charge in [-0.2, -0.15) is 0 Å². The van der Waals surface area contributed by atoms with E-state index in [2.05, 4.69) is 0 Å². The van der Waals surface area contributed by atoms with E-state index in [0.717, 1.165) is 10.4 Å². The van der Waals surface area contributed by atoms with Gasteiger partial charge in [0.25, 0.3) is 11.7 Å². The van der Waals surface area contributed by atoms with E-state index in [1.807, 2.05) is 18.4 Å². The maximum absolute atomic E-state index is 13.1. The normalized spacial score (nSPS) is 17.8. The Kier molecular flexibility index (Phi) is 5.52. The maximum atomic E-state index is 13.1. The van der Waals surface area contributed by atoms with E-state index in [1.165, 1.54) is 16.2 Å². The minimum absolute atomic E-state index is 0.0662. The van der Waals surface area contributed by atoms with Crippen LogP contribution in [0.15, 0.2) is 65.6 Å². The molecule has 1 aliphatic rings. The smallest absolute Gasteiger partial charge is 0.300 e. The highest BCUT2D eigenvalue weighted by molar-refractivity contribution is 7.10. The zero-order chi connectivity index (χ0) is 22.1. The second-order valence-corrected chi connectivity index (χ2v) is 8.01. The minimum Gasteiger partial charge on any atom is -0.507 e. The first-order chi connectivity index (χ1) is 15.0. The van der Waals surface area contributed by atoms with Gasteiger partial charge in [-0.3, -0.25) is 14.5 Å². The van der Waals surface area contributed by atoms with Gasteiger partial charge in [0.05, 0.1) is 19.8 Å². The van der Waals surface area contributed by atoms with Crippen molar-refractivity contribution in [3.63, 3.8) is 0 Å². The zero-order valence-corrected chi connectivity index (χ0v) is 18.1. The first-order valence-electron chi connectivity index (χ1n) is 9.59. The number of aliphatic hydroxyl groups excluding tert-OH is 1.